The average molecular weight is 437 g/mol. The molecule has 23 heavy (non-hydrogen) atoms. The Labute approximate surface area is 148 Å². The van der Waals surface area contributed by atoms with Crippen molar-refractivity contribution in [1.82, 2.24) is 0 Å². The second kappa shape index (κ2) is 6.29. The molecule has 1 heterocycles. The van der Waals surface area contributed by atoms with Crippen LogP contribution in [-0.2, 0) is 0 Å². The lowest BCUT2D eigenvalue weighted by molar-refractivity contribution is 0.102. The summed E-state index contributed by atoms with van der Waals surface area (Å²) in [4.78, 5) is 24.4. The molecule has 3 aromatic rings. The Bertz CT molecular complexity index is 979. The van der Waals surface area contributed by atoms with Crippen molar-refractivity contribution >= 4 is 54.4 Å². The Balaban J connectivity index is 2.00. The summed E-state index contributed by atoms with van der Waals surface area (Å²) in [5.41, 5.74) is 1.28. The summed E-state index contributed by atoms with van der Waals surface area (Å²) in [6.45, 7) is 1.88. The lowest BCUT2D eigenvalue weighted by Gasteiger charge is -2.08. The average Bonchev–Trinajstić information content (AvgIpc) is 2.49. The van der Waals surface area contributed by atoms with Crippen LogP contribution in [0.25, 0.3) is 11.0 Å². The Morgan fingerprint density at radius 3 is 2.48 bits per heavy atom. The van der Waals surface area contributed by atoms with Crippen molar-refractivity contribution in [2.45, 2.75) is 6.92 Å². The summed E-state index contributed by atoms with van der Waals surface area (Å²) < 4.78 is 6.97. The molecular weight excluding hydrogens is 426 g/mol. The topological polar surface area (TPSA) is 59.3 Å². The number of fused-ring (bicyclic) bond motifs is 1. The van der Waals surface area contributed by atoms with Gasteiger partial charge in [0.1, 0.15) is 11.1 Å². The van der Waals surface area contributed by atoms with Gasteiger partial charge < -0.3 is 9.73 Å². The van der Waals surface area contributed by atoms with Crippen LogP contribution in [0.2, 0.25) is 0 Å². The Kier molecular flexibility index (Phi) is 4.37. The van der Waals surface area contributed by atoms with Gasteiger partial charge in [-0.1, -0.05) is 31.9 Å². The van der Waals surface area contributed by atoms with Crippen LogP contribution in [0.15, 0.2) is 60.6 Å². The maximum atomic E-state index is 12.4. The molecule has 0 aliphatic heterocycles. The lowest BCUT2D eigenvalue weighted by Crippen LogP contribution is -2.21. The van der Waals surface area contributed by atoms with E-state index in [0.29, 0.717) is 16.7 Å². The molecule has 0 fully saturated rings. The molecule has 0 aliphatic rings. The van der Waals surface area contributed by atoms with Crippen LogP contribution in [0.4, 0.5) is 5.69 Å². The molecule has 3 rings (SSSR count). The van der Waals surface area contributed by atoms with Crippen molar-refractivity contribution in [2.24, 2.45) is 0 Å². The summed E-state index contributed by atoms with van der Waals surface area (Å²) in [5.74, 6) is -0.494. The summed E-state index contributed by atoms with van der Waals surface area (Å²) >= 11 is 6.73. The van der Waals surface area contributed by atoms with E-state index in [1.807, 2.05) is 19.1 Å². The molecule has 1 N–H and O–H groups in total. The number of carbonyl (C=O) groups is 1. The standard InChI is InChI=1S/C17H11Br2NO3/c1-9-6-11(18)2-4-14(9)20-16(21)13-8-10-7-12(19)3-5-15(10)23-17(13)22/h2-8H,1H3,(H,20,21). The molecule has 0 unspecified atom stereocenters. The number of aryl methyl sites for hydroxylation is 1. The van der Waals surface area contributed by atoms with Gasteiger partial charge in [-0.3, -0.25) is 4.79 Å². The van der Waals surface area contributed by atoms with Gasteiger partial charge in [0, 0.05) is 20.0 Å². The fraction of sp³-hybridized carbons (Fsp3) is 0.0588. The summed E-state index contributed by atoms with van der Waals surface area (Å²) in [5, 5.41) is 3.42. The second-order valence-electron chi connectivity index (χ2n) is 5.04. The van der Waals surface area contributed by atoms with Gasteiger partial charge in [-0.2, -0.15) is 0 Å². The van der Waals surface area contributed by atoms with E-state index in [-0.39, 0.29) is 5.56 Å². The number of anilines is 1. The number of benzene rings is 2. The van der Waals surface area contributed by atoms with E-state index in [9.17, 15) is 9.59 Å². The molecule has 0 bridgehead atoms. The van der Waals surface area contributed by atoms with Gasteiger partial charge in [-0.05, 0) is 55.0 Å². The maximum Gasteiger partial charge on any atom is 0.349 e. The predicted molar refractivity (Wildman–Crippen MR) is 97.0 cm³/mol. The molecule has 0 saturated heterocycles. The molecule has 0 radical (unpaired) electrons. The van der Waals surface area contributed by atoms with Gasteiger partial charge in [-0.15, -0.1) is 0 Å². The highest BCUT2D eigenvalue weighted by Gasteiger charge is 2.15. The molecule has 0 atom stereocenters. The summed E-state index contributed by atoms with van der Waals surface area (Å²) in [6.07, 6.45) is 0. The normalized spacial score (nSPS) is 10.7. The highest BCUT2D eigenvalue weighted by atomic mass is 79.9. The Morgan fingerprint density at radius 1 is 1.04 bits per heavy atom. The van der Waals surface area contributed by atoms with Crippen molar-refractivity contribution in [3.63, 3.8) is 0 Å². The van der Waals surface area contributed by atoms with E-state index in [0.717, 1.165) is 14.5 Å². The minimum atomic E-state index is -0.660. The van der Waals surface area contributed by atoms with Gasteiger partial charge in [-0.25, -0.2) is 4.79 Å². The van der Waals surface area contributed by atoms with E-state index in [4.69, 9.17) is 4.42 Å². The van der Waals surface area contributed by atoms with Crippen molar-refractivity contribution < 1.29 is 9.21 Å². The minimum absolute atomic E-state index is 0.0297. The van der Waals surface area contributed by atoms with E-state index in [1.54, 1.807) is 24.3 Å². The third-order valence-electron chi connectivity index (χ3n) is 3.38. The van der Waals surface area contributed by atoms with Gasteiger partial charge >= 0.3 is 5.63 Å². The van der Waals surface area contributed by atoms with E-state index >= 15 is 0 Å². The van der Waals surface area contributed by atoms with Crippen LogP contribution < -0.4 is 10.9 Å². The molecule has 0 saturated carbocycles. The third kappa shape index (κ3) is 3.38. The lowest BCUT2D eigenvalue weighted by atomic mass is 10.1. The van der Waals surface area contributed by atoms with Crippen LogP contribution in [0.5, 0.6) is 0 Å². The van der Waals surface area contributed by atoms with Crippen molar-refractivity contribution in [1.29, 1.82) is 0 Å². The first kappa shape index (κ1) is 16.0. The molecule has 1 aromatic heterocycles. The molecule has 2 aromatic carbocycles. The zero-order valence-corrected chi connectivity index (χ0v) is 15.2. The first-order chi connectivity index (χ1) is 10.9. The highest BCUT2D eigenvalue weighted by molar-refractivity contribution is 9.10. The quantitative estimate of drug-likeness (QED) is 0.582. The number of amides is 1. The van der Waals surface area contributed by atoms with Gasteiger partial charge in [0.25, 0.3) is 5.91 Å². The third-order valence-corrected chi connectivity index (χ3v) is 4.36. The fourth-order valence-corrected chi connectivity index (χ4v) is 3.06. The maximum absolute atomic E-state index is 12.4. The number of halogens is 2. The molecule has 0 spiro atoms. The van der Waals surface area contributed by atoms with E-state index in [1.165, 1.54) is 6.07 Å². The van der Waals surface area contributed by atoms with Crippen molar-refractivity contribution in [2.75, 3.05) is 5.32 Å². The van der Waals surface area contributed by atoms with Crippen molar-refractivity contribution in [3.05, 3.63) is 73.0 Å². The Hall–Kier alpha value is -1.92. The van der Waals surface area contributed by atoms with E-state index in [2.05, 4.69) is 37.2 Å². The van der Waals surface area contributed by atoms with Gasteiger partial charge in [0.2, 0.25) is 0 Å². The second-order valence-corrected chi connectivity index (χ2v) is 6.87. The predicted octanol–water partition coefficient (Wildman–Crippen LogP) is 4.88. The molecular formula is C17H11Br2NO3. The Morgan fingerprint density at radius 2 is 1.74 bits per heavy atom. The zero-order chi connectivity index (χ0) is 16.6. The monoisotopic (exact) mass is 435 g/mol. The summed E-state index contributed by atoms with van der Waals surface area (Å²) in [6, 6.07) is 12.3. The first-order valence-corrected chi connectivity index (χ1v) is 8.33. The number of hydrogen-bond acceptors (Lipinski definition) is 3. The summed E-state index contributed by atoms with van der Waals surface area (Å²) in [7, 11) is 0. The van der Waals surface area contributed by atoms with Crippen LogP contribution in [0.3, 0.4) is 0 Å². The molecule has 4 nitrogen and oxygen atoms in total. The van der Waals surface area contributed by atoms with Gasteiger partial charge in [0.15, 0.2) is 0 Å². The van der Waals surface area contributed by atoms with Gasteiger partial charge in [0.05, 0.1) is 0 Å². The van der Waals surface area contributed by atoms with Crippen LogP contribution in [0.1, 0.15) is 15.9 Å². The largest absolute Gasteiger partial charge is 0.422 e. The molecule has 6 heteroatoms. The van der Waals surface area contributed by atoms with Crippen LogP contribution in [-0.4, -0.2) is 5.91 Å². The SMILES string of the molecule is Cc1cc(Br)ccc1NC(=O)c1cc2cc(Br)ccc2oc1=O. The molecule has 116 valence electrons. The smallest absolute Gasteiger partial charge is 0.349 e. The fourth-order valence-electron chi connectivity index (χ4n) is 2.21. The number of hydrogen-bond donors (Lipinski definition) is 1. The number of rotatable bonds is 2. The minimum Gasteiger partial charge on any atom is -0.422 e. The highest BCUT2D eigenvalue weighted by Crippen LogP contribution is 2.22. The van der Waals surface area contributed by atoms with Crippen LogP contribution >= 0.6 is 31.9 Å². The zero-order valence-electron chi connectivity index (χ0n) is 12.0. The molecule has 1 amide bonds. The first-order valence-electron chi connectivity index (χ1n) is 6.75. The number of nitrogens with one attached hydrogen (secondary N) is 1. The van der Waals surface area contributed by atoms with Crippen molar-refractivity contribution in [3.8, 4) is 0 Å². The number of carbonyl (C=O) groups excluding carboxylic acids is 1. The van der Waals surface area contributed by atoms with E-state index < -0.39 is 11.5 Å². The molecule has 0 aliphatic carbocycles. The van der Waals surface area contributed by atoms with Crippen LogP contribution in [0, 0.1) is 6.92 Å².